The van der Waals surface area contributed by atoms with Gasteiger partial charge in [-0.1, -0.05) is 17.7 Å². The molecular weight excluding hydrogens is 260 g/mol. The molecule has 0 atom stereocenters. The van der Waals surface area contributed by atoms with Crippen LogP contribution in [0.4, 0.5) is 5.69 Å². The van der Waals surface area contributed by atoms with Gasteiger partial charge in [-0.3, -0.25) is 0 Å². The molecule has 94 valence electrons. The first-order chi connectivity index (χ1) is 7.89. The smallest absolute Gasteiger partial charge is 0.244 e. The Morgan fingerprint density at radius 2 is 2.18 bits per heavy atom. The highest BCUT2D eigenvalue weighted by molar-refractivity contribution is 7.89. The van der Waals surface area contributed by atoms with Gasteiger partial charge in [0.1, 0.15) is 4.90 Å². The molecule has 1 rings (SSSR count). The summed E-state index contributed by atoms with van der Waals surface area (Å²) in [6, 6.07) is 4.40. The van der Waals surface area contributed by atoms with Gasteiger partial charge in [-0.2, -0.15) is 0 Å². The molecule has 0 fully saturated rings. The fourth-order valence-electron chi connectivity index (χ4n) is 1.28. The van der Waals surface area contributed by atoms with Crippen molar-refractivity contribution in [1.29, 1.82) is 0 Å². The lowest BCUT2D eigenvalue weighted by molar-refractivity contribution is 0.475. The van der Waals surface area contributed by atoms with Crippen LogP contribution in [0.25, 0.3) is 0 Å². The van der Waals surface area contributed by atoms with E-state index in [1.165, 1.54) is 23.5 Å². The summed E-state index contributed by atoms with van der Waals surface area (Å²) in [5.74, 6) is 0. The van der Waals surface area contributed by atoms with Crippen LogP contribution in [-0.4, -0.2) is 26.3 Å². The second-order valence-electron chi connectivity index (χ2n) is 3.59. The van der Waals surface area contributed by atoms with E-state index in [4.69, 9.17) is 17.3 Å². The van der Waals surface area contributed by atoms with Crippen LogP contribution in [-0.2, 0) is 10.0 Å². The Kier molecular flexibility index (Phi) is 4.56. The number of rotatable bonds is 5. The van der Waals surface area contributed by atoms with Crippen molar-refractivity contribution in [2.24, 2.45) is 0 Å². The quantitative estimate of drug-likeness (QED) is 0.661. The number of hydrogen-bond donors (Lipinski definition) is 1. The molecule has 0 bridgehead atoms. The minimum atomic E-state index is -3.59. The van der Waals surface area contributed by atoms with Crippen molar-refractivity contribution >= 4 is 27.3 Å². The number of halogens is 1. The number of nitrogens with zero attached hydrogens (tertiary/aromatic N) is 1. The molecule has 0 amide bonds. The summed E-state index contributed by atoms with van der Waals surface area (Å²) in [7, 11) is -2.09. The molecule has 0 radical (unpaired) electrons. The minimum absolute atomic E-state index is 0.0331. The molecule has 0 aliphatic rings. The van der Waals surface area contributed by atoms with Gasteiger partial charge >= 0.3 is 0 Å². The first kappa shape index (κ1) is 14.0. The average Bonchev–Trinajstić information content (AvgIpc) is 2.28. The van der Waals surface area contributed by atoms with E-state index in [0.29, 0.717) is 18.7 Å². The van der Waals surface area contributed by atoms with Crippen LogP contribution in [0.1, 0.15) is 6.42 Å². The molecule has 0 spiro atoms. The largest absolute Gasteiger partial charge is 0.399 e. The number of hydrogen-bond acceptors (Lipinski definition) is 3. The molecular formula is C11H15ClN2O2S. The normalized spacial score (nSPS) is 11.7. The number of sulfonamides is 1. The molecule has 0 aliphatic heterocycles. The highest BCUT2D eigenvalue weighted by atomic mass is 35.5. The number of nitrogen functional groups attached to an aromatic ring is 1. The Labute approximate surface area is 107 Å². The predicted molar refractivity (Wildman–Crippen MR) is 70.5 cm³/mol. The second-order valence-corrected chi connectivity index (χ2v) is 6.01. The van der Waals surface area contributed by atoms with Crippen molar-refractivity contribution < 1.29 is 8.42 Å². The summed E-state index contributed by atoms with van der Waals surface area (Å²) in [4.78, 5) is 0.0331. The lowest BCUT2D eigenvalue weighted by Gasteiger charge is -2.17. The highest BCUT2D eigenvalue weighted by Crippen LogP contribution is 2.26. The zero-order chi connectivity index (χ0) is 13.1. The number of anilines is 1. The van der Waals surface area contributed by atoms with Gasteiger partial charge in [0.25, 0.3) is 0 Å². The van der Waals surface area contributed by atoms with Crippen molar-refractivity contribution in [3.63, 3.8) is 0 Å². The Morgan fingerprint density at radius 3 is 2.76 bits per heavy atom. The van der Waals surface area contributed by atoms with E-state index in [9.17, 15) is 8.42 Å². The fraction of sp³-hybridized carbons (Fsp3) is 0.273. The number of benzene rings is 1. The summed E-state index contributed by atoms with van der Waals surface area (Å²) in [5.41, 5.74) is 5.93. The Bertz CT molecular complexity index is 514. The van der Waals surface area contributed by atoms with Gasteiger partial charge in [-0.05, 0) is 24.6 Å². The van der Waals surface area contributed by atoms with Crippen LogP contribution in [0.3, 0.4) is 0 Å². The summed E-state index contributed by atoms with van der Waals surface area (Å²) in [5, 5.41) is 0.171. The molecule has 4 nitrogen and oxygen atoms in total. The lowest BCUT2D eigenvalue weighted by atomic mass is 10.3. The van der Waals surface area contributed by atoms with E-state index in [1.807, 2.05) is 0 Å². The topological polar surface area (TPSA) is 63.4 Å². The monoisotopic (exact) mass is 274 g/mol. The van der Waals surface area contributed by atoms with Crippen LogP contribution in [0, 0.1) is 0 Å². The summed E-state index contributed by atoms with van der Waals surface area (Å²) in [6.07, 6.45) is 2.24. The van der Waals surface area contributed by atoms with Crippen LogP contribution < -0.4 is 5.73 Å². The molecule has 0 saturated carbocycles. The van der Waals surface area contributed by atoms with E-state index in [2.05, 4.69) is 6.58 Å². The molecule has 2 N–H and O–H groups in total. The number of nitrogens with two attached hydrogens (primary N) is 1. The zero-order valence-electron chi connectivity index (χ0n) is 9.56. The van der Waals surface area contributed by atoms with Crippen molar-refractivity contribution in [3.8, 4) is 0 Å². The average molecular weight is 275 g/mol. The molecule has 6 heteroatoms. The Balaban J connectivity index is 3.12. The van der Waals surface area contributed by atoms with Gasteiger partial charge < -0.3 is 5.73 Å². The van der Waals surface area contributed by atoms with Crippen molar-refractivity contribution in [2.75, 3.05) is 19.3 Å². The molecule has 0 saturated heterocycles. The van der Waals surface area contributed by atoms with E-state index in [-0.39, 0.29) is 9.92 Å². The lowest BCUT2D eigenvalue weighted by Crippen LogP contribution is -2.28. The van der Waals surface area contributed by atoms with E-state index in [1.54, 1.807) is 12.1 Å². The summed E-state index contributed by atoms with van der Waals surface area (Å²) < 4.78 is 25.6. The Hall–Kier alpha value is -1.04. The molecule has 0 heterocycles. The van der Waals surface area contributed by atoms with E-state index >= 15 is 0 Å². The first-order valence-corrected chi connectivity index (χ1v) is 6.83. The van der Waals surface area contributed by atoms with E-state index in [0.717, 1.165) is 0 Å². The van der Waals surface area contributed by atoms with Crippen molar-refractivity contribution in [2.45, 2.75) is 11.3 Å². The van der Waals surface area contributed by atoms with E-state index < -0.39 is 10.0 Å². The van der Waals surface area contributed by atoms with Crippen LogP contribution in [0.2, 0.25) is 5.02 Å². The first-order valence-electron chi connectivity index (χ1n) is 5.02. The van der Waals surface area contributed by atoms with Gasteiger partial charge in [-0.25, -0.2) is 12.7 Å². The van der Waals surface area contributed by atoms with Gasteiger partial charge in [0.15, 0.2) is 0 Å². The maximum absolute atomic E-state index is 12.2. The molecule has 0 aromatic heterocycles. The maximum atomic E-state index is 12.2. The van der Waals surface area contributed by atoms with Gasteiger partial charge in [0.2, 0.25) is 10.0 Å². The Morgan fingerprint density at radius 1 is 1.53 bits per heavy atom. The highest BCUT2D eigenvalue weighted by Gasteiger charge is 2.23. The molecule has 1 aromatic rings. The third-order valence-corrected chi connectivity index (χ3v) is 4.63. The standard InChI is InChI=1S/C11H15ClN2O2S/c1-3-4-7-14(2)17(15,16)11-8-9(13)5-6-10(11)12/h3,5-6,8H,1,4,7,13H2,2H3. The van der Waals surface area contributed by atoms with Gasteiger partial charge in [0.05, 0.1) is 5.02 Å². The maximum Gasteiger partial charge on any atom is 0.244 e. The van der Waals surface area contributed by atoms with Crippen LogP contribution in [0.5, 0.6) is 0 Å². The van der Waals surface area contributed by atoms with Crippen molar-refractivity contribution in [3.05, 3.63) is 35.9 Å². The molecule has 17 heavy (non-hydrogen) atoms. The predicted octanol–water partition coefficient (Wildman–Crippen LogP) is 2.12. The van der Waals surface area contributed by atoms with Crippen LogP contribution in [0.15, 0.2) is 35.7 Å². The molecule has 0 unspecified atom stereocenters. The minimum Gasteiger partial charge on any atom is -0.399 e. The second kappa shape index (κ2) is 5.53. The van der Waals surface area contributed by atoms with Gasteiger partial charge in [-0.15, -0.1) is 6.58 Å². The fourth-order valence-corrected chi connectivity index (χ4v) is 2.97. The summed E-state index contributed by atoms with van der Waals surface area (Å²) >= 11 is 5.88. The van der Waals surface area contributed by atoms with Gasteiger partial charge in [0, 0.05) is 19.3 Å². The van der Waals surface area contributed by atoms with Crippen LogP contribution >= 0.6 is 11.6 Å². The molecule has 0 aliphatic carbocycles. The third-order valence-electron chi connectivity index (χ3n) is 2.29. The zero-order valence-corrected chi connectivity index (χ0v) is 11.1. The third kappa shape index (κ3) is 3.21. The van der Waals surface area contributed by atoms with Crippen molar-refractivity contribution in [1.82, 2.24) is 4.31 Å². The summed E-state index contributed by atoms with van der Waals surface area (Å²) in [6.45, 7) is 3.91. The molecule has 1 aromatic carbocycles. The SMILES string of the molecule is C=CCCN(C)S(=O)(=O)c1cc(N)ccc1Cl.